The van der Waals surface area contributed by atoms with Crippen LogP contribution in [0.1, 0.15) is 22.3 Å². The van der Waals surface area contributed by atoms with E-state index in [2.05, 4.69) is 10.6 Å². The SMILES string of the molecule is COC(=O)[C@H](Cc1ccccc1)NC(=S)c1ccccc1-c1ccccc1C(=S)N[C@@H](Cc1ccccc1)C(=O)OC. The van der Waals surface area contributed by atoms with Crippen molar-refractivity contribution in [3.8, 4) is 11.1 Å². The fourth-order valence-corrected chi connectivity index (χ4v) is 5.32. The Balaban J connectivity index is 1.62. The zero-order chi connectivity index (χ0) is 29.9. The zero-order valence-corrected chi connectivity index (χ0v) is 25.0. The monoisotopic (exact) mass is 596 g/mol. The topological polar surface area (TPSA) is 76.7 Å². The van der Waals surface area contributed by atoms with E-state index in [0.29, 0.717) is 22.8 Å². The maximum absolute atomic E-state index is 12.7. The summed E-state index contributed by atoms with van der Waals surface area (Å²) in [6.45, 7) is 0. The molecule has 0 aliphatic heterocycles. The minimum Gasteiger partial charge on any atom is -0.467 e. The van der Waals surface area contributed by atoms with E-state index in [1.54, 1.807) is 0 Å². The van der Waals surface area contributed by atoms with E-state index in [9.17, 15) is 9.59 Å². The molecule has 8 heteroatoms. The lowest BCUT2D eigenvalue weighted by Crippen LogP contribution is -2.43. The minimum atomic E-state index is -0.672. The van der Waals surface area contributed by atoms with E-state index >= 15 is 0 Å². The highest BCUT2D eigenvalue weighted by Gasteiger charge is 2.25. The van der Waals surface area contributed by atoms with E-state index in [1.165, 1.54) is 14.2 Å². The van der Waals surface area contributed by atoms with Crippen molar-refractivity contribution < 1.29 is 19.1 Å². The van der Waals surface area contributed by atoms with Gasteiger partial charge in [-0.15, -0.1) is 0 Å². The van der Waals surface area contributed by atoms with Crippen molar-refractivity contribution in [2.45, 2.75) is 24.9 Å². The number of rotatable bonds is 11. The van der Waals surface area contributed by atoms with E-state index in [4.69, 9.17) is 33.9 Å². The lowest BCUT2D eigenvalue weighted by atomic mass is 9.94. The molecule has 0 fully saturated rings. The Bertz CT molecular complexity index is 1430. The van der Waals surface area contributed by atoms with Crippen molar-refractivity contribution in [1.29, 1.82) is 0 Å². The number of ether oxygens (including phenoxy) is 2. The van der Waals surface area contributed by atoms with E-state index in [1.807, 2.05) is 109 Å². The van der Waals surface area contributed by atoms with Gasteiger partial charge in [0.2, 0.25) is 0 Å². The summed E-state index contributed by atoms with van der Waals surface area (Å²) >= 11 is 11.7. The fraction of sp³-hybridized carbons (Fsp3) is 0.176. The molecule has 42 heavy (non-hydrogen) atoms. The molecule has 0 aromatic heterocycles. The van der Waals surface area contributed by atoms with Crippen LogP contribution in [0.25, 0.3) is 11.1 Å². The van der Waals surface area contributed by atoms with Crippen molar-refractivity contribution in [3.63, 3.8) is 0 Å². The molecule has 0 unspecified atom stereocenters. The second-order valence-corrected chi connectivity index (χ2v) is 10.4. The van der Waals surface area contributed by atoms with E-state index in [0.717, 1.165) is 33.4 Å². The van der Waals surface area contributed by atoms with Gasteiger partial charge in [-0.25, -0.2) is 9.59 Å². The fourth-order valence-electron chi connectivity index (χ4n) is 4.67. The predicted molar refractivity (Wildman–Crippen MR) is 173 cm³/mol. The second kappa shape index (κ2) is 15.0. The van der Waals surface area contributed by atoms with Gasteiger partial charge >= 0.3 is 11.9 Å². The number of carbonyl (C=O) groups is 2. The average molecular weight is 597 g/mol. The van der Waals surface area contributed by atoms with Crippen molar-refractivity contribution >= 4 is 46.4 Å². The van der Waals surface area contributed by atoms with Gasteiger partial charge in [0.25, 0.3) is 0 Å². The predicted octanol–water partition coefficient (Wildman–Crippen LogP) is 5.45. The summed E-state index contributed by atoms with van der Waals surface area (Å²) in [5, 5.41) is 6.44. The highest BCUT2D eigenvalue weighted by atomic mass is 32.1. The van der Waals surface area contributed by atoms with Crippen LogP contribution in [0.4, 0.5) is 0 Å². The second-order valence-electron chi connectivity index (χ2n) is 9.57. The van der Waals surface area contributed by atoms with Gasteiger partial charge in [-0.1, -0.05) is 134 Å². The molecule has 4 aromatic carbocycles. The van der Waals surface area contributed by atoms with Gasteiger partial charge < -0.3 is 20.1 Å². The van der Waals surface area contributed by atoms with Gasteiger partial charge in [-0.05, 0) is 22.3 Å². The lowest BCUT2D eigenvalue weighted by Gasteiger charge is -2.22. The number of hydrogen-bond acceptors (Lipinski definition) is 6. The standard InChI is InChI=1S/C34H32N2O4S2/c1-39-33(37)29(21-23-13-5-3-6-14-23)35-31(41)27-19-11-9-17-25(27)26-18-10-12-20-28(26)32(42)36-30(34(38)40-2)22-24-15-7-4-8-16-24/h3-20,29-30H,21-22H2,1-2H3,(H,35,41)(H,36,42)/t29-,30-/m0/s1. The van der Waals surface area contributed by atoms with Crippen molar-refractivity contribution in [1.82, 2.24) is 10.6 Å². The van der Waals surface area contributed by atoms with Gasteiger partial charge in [0.15, 0.2) is 0 Å². The van der Waals surface area contributed by atoms with Crippen LogP contribution in [0.2, 0.25) is 0 Å². The number of nitrogens with one attached hydrogen (secondary N) is 2. The van der Waals surface area contributed by atoms with Crippen molar-refractivity contribution in [3.05, 3.63) is 131 Å². The van der Waals surface area contributed by atoms with Crippen LogP contribution in [-0.4, -0.2) is 48.2 Å². The van der Waals surface area contributed by atoms with E-state index < -0.39 is 24.0 Å². The normalized spacial score (nSPS) is 12.0. The van der Waals surface area contributed by atoms with Crippen molar-refractivity contribution in [2.24, 2.45) is 0 Å². The van der Waals surface area contributed by atoms with Gasteiger partial charge in [-0.3, -0.25) is 0 Å². The summed E-state index contributed by atoms with van der Waals surface area (Å²) in [6, 6.07) is 33.4. The number of hydrogen-bond donors (Lipinski definition) is 2. The molecule has 0 aliphatic rings. The molecule has 0 spiro atoms. The first-order valence-electron chi connectivity index (χ1n) is 13.4. The van der Waals surface area contributed by atoms with Crippen molar-refractivity contribution in [2.75, 3.05) is 14.2 Å². The molecule has 4 aromatic rings. The van der Waals surface area contributed by atoms with Crippen LogP contribution < -0.4 is 10.6 Å². The molecule has 214 valence electrons. The maximum Gasteiger partial charge on any atom is 0.328 e. The Morgan fingerprint density at radius 1 is 0.571 bits per heavy atom. The van der Waals surface area contributed by atoms with Crippen LogP contribution in [0.3, 0.4) is 0 Å². The molecule has 0 amide bonds. The Morgan fingerprint density at radius 2 is 0.905 bits per heavy atom. The molecule has 0 aliphatic carbocycles. The summed E-state index contributed by atoms with van der Waals surface area (Å²) in [4.78, 5) is 26.2. The summed E-state index contributed by atoms with van der Waals surface area (Å²) in [5.41, 5.74) is 5.09. The summed E-state index contributed by atoms with van der Waals surface area (Å²) in [5.74, 6) is -0.812. The molecule has 0 bridgehead atoms. The number of methoxy groups -OCH3 is 2. The highest BCUT2D eigenvalue weighted by molar-refractivity contribution is 7.81. The average Bonchev–Trinajstić information content (AvgIpc) is 3.04. The molecule has 2 N–H and O–H groups in total. The minimum absolute atomic E-state index is 0.405. The van der Waals surface area contributed by atoms with Crippen LogP contribution in [-0.2, 0) is 31.9 Å². The molecule has 6 nitrogen and oxygen atoms in total. The van der Waals surface area contributed by atoms with Crippen LogP contribution >= 0.6 is 24.4 Å². The lowest BCUT2D eigenvalue weighted by molar-refractivity contribution is -0.143. The first kappa shape index (κ1) is 30.6. The third-order valence-electron chi connectivity index (χ3n) is 6.78. The van der Waals surface area contributed by atoms with Gasteiger partial charge in [0, 0.05) is 24.0 Å². The number of benzene rings is 4. The maximum atomic E-state index is 12.7. The molecule has 0 heterocycles. The van der Waals surface area contributed by atoms with Gasteiger partial charge in [-0.2, -0.15) is 0 Å². The molecular formula is C34H32N2O4S2. The Hall–Kier alpha value is -4.40. The molecular weight excluding hydrogens is 565 g/mol. The third kappa shape index (κ3) is 7.87. The smallest absolute Gasteiger partial charge is 0.328 e. The Labute approximate surface area is 257 Å². The number of carbonyl (C=O) groups excluding carboxylic acids is 2. The molecule has 0 radical (unpaired) electrons. The van der Waals surface area contributed by atoms with E-state index in [-0.39, 0.29) is 0 Å². The molecule has 0 saturated heterocycles. The number of thiocarbonyl (C=S) groups is 2. The zero-order valence-electron chi connectivity index (χ0n) is 23.4. The van der Waals surface area contributed by atoms with Crippen LogP contribution in [0.15, 0.2) is 109 Å². The number of esters is 2. The Morgan fingerprint density at radius 3 is 1.26 bits per heavy atom. The summed E-state index contributed by atoms with van der Waals surface area (Å²) in [6.07, 6.45) is 0.827. The third-order valence-corrected chi connectivity index (χ3v) is 7.46. The first-order chi connectivity index (χ1) is 20.4. The summed E-state index contributed by atoms with van der Waals surface area (Å²) < 4.78 is 10.1. The highest BCUT2D eigenvalue weighted by Crippen LogP contribution is 2.28. The molecule has 0 saturated carbocycles. The molecule has 4 rings (SSSR count). The van der Waals surface area contributed by atoms with Gasteiger partial charge in [0.05, 0.1) is 14.2 Å². The Kier molecular flexibility index (Phi) is 10.9. The quantitative estimate of drug-likeness (QED) is 0.175. The largest absolute Gasteiger partial charge is 0.467 e. The molecule has 2 atom stereocenters. The summed E-state index contributed by atoms with van der Waals surface area (Å²) in [7, 11) is 2.73. The van der Waals surface area contributed by atoms with Crippen LogP contribution in [0, 0.1) is 0 Å². The van der Waals surface area contributed by atoms with Crippen LogP contribution in [0.5, 0.6) is 0 Å². The first-order valence-corrected chi connectivity index (χ1v) is 14.3. The van der Waals surface area contributed by atoms with Gasteiger partial charge in [0.1, 0.15) is 22.1 Å².